The van der Waals surface area contributed by atoms with Gasteiger partial charge in [-0.05, 0) is 56.2 Å². The predicted octanol–water partition coefficient (Wildman–Crippen LogP) is 2.51. The highest BCUT2D eigenvalue weighted by Crippen LogP contribution is 2.28. The summed E-state index contributed by atoms with van der Waals surface area (Å²) in [6.45, 7) is 8.39. The highest BCUT2D eigenvalue weighted by molar-refractivity contribution is 5.79. The van der Waals surface area contributed by atoms with Crippen molar-refractivity contribution in [2.24, 2.45) is 10.9 Å². The Morgan fingerprint density at radius 3 is 2.92 bits per heavy atom. The van der Waals surface area contributed by atoms with Gasteiger partial charge in [-0.2, -0.15) is 0 Å². The molecule has 1 aliphatic carbocycles. The summed E-state index contributed by atoms with van der Waals surface area (Å²) in [6, 6.07) is 4.24. The highest BCUT2D eigenvalue weighted by Gasteiger charge is 2.21. The van der Waals surface area contributed by atoms with Crippen LogP contribution in [0.15, 0.2) is 23.3 Å². The molecule has 2 fully saturated rings. The average Bonchev–Trinajstić information content (AvgIpc) is 3.32. The molecule has 1 saturated heterocycles. The first kappa shape index (κ1) is 19.0. The summed E-state index contributed by atoms with van der Waals surface area (Å²) in [5.41, 5.74) is 1.20. The number of aromatic nitrogens is 1. The Morgan fingerprint density at radius 1 is 1.38 bits per heavy atom. The van der Waals surface area contributed by atoms with Crippen LogP contribution in [0.3, 0.4) is 0 Å². The second kappa shape index (κ2) is 9.76. The monoisotopic (exact) mass is 359 g/mol. The quantitative estimate of drug-likeness (QED) is 0.417. The number of aliphatic imine (C=N–C) groups is 1. The SMILES string of the molecule is CCNC(=NCc1ccnc(N2CCCC2)c1)N(C)CCOCC1CC1. The summed E-state index contributed by atoms with van der Waals surface area (Å²) >= 11 is 0. The Morgan fingerprint density at radius 2 is 2.19 bits per heavy atom. The Labute approximate surface area is 157 Å². The number of pyridine rings is 1. The van der Waals surface area contributed by atoms with Crippen molar-refractivity contribution < 1.29 is 4.74 Å². The molecule has 26 heavy (non-hydrogen) atoms. The van der Waals surface area contributed by atoms with Crippen LogP contribution in [0.2, 0.25) is 0 Å². The van der Waals surface area contributed by atoms with E-state index in [4.69, 9.17) is 9.73 Å². The van der Waals surface area contributed by atoms with Gasteiger partial charge < -0.3 is 19.9 Å². The minimum absolute atomic E-state index is 0.666. The van der Waals surface area contributed by atoms with Crippen molar-refractivity contribution >= 4 is 11.8 Å². The summed E-state index contributed by atoms with van der Waals surface area (Å²) in [6.07, 6.45) is 7.11. The first-order chi connectivity index (χ1) is 12.8. The van der Waals surface area contributed by atoms with Crippen molar-refractivity contribution in [3.63, 3.8) is 0 Å². The molecule has 144 valence electrons. The van der Waals surface area contributed by atoms with Gasteiger partial charge in [-0.3, -0.25) is 0 Å². The van der Waals surface area contributed by atoms with Crippen LogP contribution in [-0.2, 0) is 11.3 Å². The third kappa shape index (κ3) is 5.87. The second-order valence-electron chi connectivity index (χ2n) is 7.33. The van der Waals surface area contributed by atoms with Gasteiger partial charge in [0.2, 0.25) is 0 Å². The fourth-order valence-electron chi connectivity index (χ4n) is 3.16. The molecule has 2 aliphatic rings. The molecule has 0 bridgehead atoms. The number of nitrogens with zero attached hydrogens (tertiary/aromatic N) is 4. The van der Waals surface area contributed by atoms with Crippen LogP contribution in [0.4, 0.5) is 5.82 Å². The van der Waals surface area contributed by atoms with Crippen LogP contribution in [0.25, 0.3) is 0 Å². The van der Waals surface area contributed by atoms with Crippen LogP contribution >= 0.6 is 0 Å². The second-order valence-corrected chi connectivity index (χ2v) is 7.33. The molecule has 0 amide bonds. The molecule has 1 aromatic heterocycles. The van der Waals surface area contributed by atoms with Crippen molar-refractivity contribution in [3.8, 4) is 0 Å². The first-order valence-corrected chi connectivity index (χ1v) is 10.0. The molecule has 6 nitrogen and oxygen atoms in total. The van der Waals surface area contributed by atoms with Crippen molar-refractivity contribution in [3.05, 3.63) is 23.9 Å². The van der Waals surface area contributed by atoms with Crippen LogP contribution in [0.1, 0.15) is 38.2 Å². The van der Waals surface area contributed by atoms with Crippen molar-refractivity contribution in [1.82, 2.24) is 15.2 Å². The zero-order chi connectivity index (χ0) is 18.2. The van der Waals surface area contributed by atoms with Crippen molar-refractivity contribution in [2.45, 2.75) is 39.2 Å². The lowest BCUT2D eigenvalue weighted by atomic mass is 10.2. The topological polar surface area (TPSA) is 53.0 Å². The molecule has 1 aliphatic heterocycles. The number of hydrogen-bond acceptors (Lipinski definition) is 4. The third-order valence-corrected chi connectivity index (χ3v) is 4.97. The molecule has 3 rings (SSSR count). The van der Waals surface area contributed by atoms with E-state index in [1.807, 2.05) is 6.20 Å². The summed E-state index contributed by atoms with van der Waals surface area (Å²) in [5.74, 6) is 2.84. The third-order valence-electron chi connectivity index (χ3n) is 4.97. The lowest BCUT2D eigenvalue weighted by Gasteiger charge is -2.22. The molecule has 1 N–H and O–H groups in total. The Bertz CT molecular complexity index is 581. The van der Waals surface area contributed by atoms with Crippen LogP contribution in [0.5, 0.6) is 0 Å². The number of guanidine groups is 1. The van der Waals surface area contributed by atoms with Crippen molar-refractivity contribution in [1.29, 1.82) is 0 Å². The molecular formula is C20H33N5O. The summed E-state index contributed by atoms with van der Waals surface area (Å²) in [7, 11) is 2.07. The standard InChI is InChI=1S/C20H33N5O/c1-3-21-20(24(2)12-13-26-16-17-6-7-17)23-15-18-8-9-22-19(14-18)25-10-4-5-11-25/h8-9,14,17H,3-7,10-13,15-16H2,1-2H3,(H,21,23). The predicted molar refractivity (Wildman–Crippen MR) is 107 cm³/mol. The van der Waals surface area contributed by atoms with E-state index in [1.165, 1.54) is 31.2 Å². The Hall–Kier alpha value is -1.82. The first-order valence-electron chi connectivity index (χ1n) is 10.0. The number of rotatable bonds is 9. The van der Waals surface area contributed by atoms with Gasteiger partial charge in [0.25, 0.3) is 0 Å². The summed E-state index contributed by atoms with van der Waals surface area (Å²) < 4.78 is 5.75. The number of ether oxygens (including phenoxy) is 1. The Balaban J connectivity index is 1.52. The van der Waals surface area contributed by atoms with Crippen molar-refractivity contribution in [2.75, 3.05) is 51.3 Å². The summed E-state index contributed by atoms with van der Waals surface area (Å²) in [4.78, 5) is 13.8. The number of nitrogens with one attached hydrogen (secondary N) is 1. The molecule has 0 unspecified atom stereocenters. The van der Waals surface area contributed by atoms with Gasteiger partial charge in [0.15, 0.2) is 5.96 Å². The van der Waals surface area contributed by atoms with Gasteiger partial charge in [0.1, 0.15) is 5.82 Å². The molecule has 0 atom stereocenters. The maximum atomic E-state index is 5.75. The molecule has 6 heteroatoms. The minimum atomic E-state index is 0.666. The van der Waals surface area contributed by atoms with Gasteiger partial charge in [-0.25, -0.2) is 9.98 Å². The van der Waals surface area contributed by atoms with Gasteiger partial charge >= 0.3 is 0 Å². The van der Waals surface area contributed by atoms with Crippen LogP contribution in [0, 0.1) is 5.92 Å². The lowest BCUT2D eigenvalue weighted by molar-refractivity contribution is 0.115. The van der Waals surface area contributed by atoms with Gasteiger partial charge in [-0.15, -0.1) is 0 Å². The number of likely N-dealkylation sites (N-methyl/N-ethyl adjacent to an activating group) is 1. The van der Waals surface area contributed by atoms with Gasteiger partial charge in [0, 0.05) is 46.0 Å². The molecule has 0 spiro atoms. The van der Waals surface area contributed by atoms with E-state index in [0.717, 1.165) is 57.1 Å². The number of anilines is 1. The number of hydrogen-bond donors (Lipinski definition) is 1. The van der Waals surface area contributed by atoms with Crippen LogP contribution in [-0.4, -0.2) is 62.3 Å². The molecule has 2 heterocycles. The molecule has 0 aromatic carbocycles. The largest absolute Gasteiger partial charge is 0.379 e. The normalized spacial score (nSPS) is 17.6. The van der Waals surface area contributed by atoms with E-state index < -0.39 is 0 Å². The maximum absolute atomic E-state index is 5.75. The zero-order valence-corrected chi connectivity index (χ0v) is 16.3. The fourth-order valence-corrected chi connectivity index (χ4v) is 3.16. The van der Waals surface area contributed by atoms with E-state index in [2.05, 4.69) is 46.2 Å². The molecular weight excluding hydrogens is 326 g/mol. The summed E-state index contributed by atoms with van der Waals surface area (Å²) in [5, 5.41) is 3.38. The van der Waals surface area contributed by atoms with Gasteiger partial charge in [0.05, 0.1) is 13.2 Å². The maximum Gasteiger partial charge on any atom is 0.194 e. The Kier molecular flexibility index (Phi) is 7.12. The average molecular weight is 360 g/mol. The zero-order valence-electron chi connectivity index (χ0n) is 16.3. The smallest absolute Gasteiger partial charge is 0.194 e. The van der Waals surface area contributed by atoms with E-state index in [1.54, 1.807) is 0 Å². The fraction of sp³-hybridized carbons (Fsp3) is 0.700. The van der Waals surface area contributed by atoms with E-state index in [9.17, 15) is 0 Å². The van der Waals surface area contributed by atoms with Crippen LogP contribution < -0.4 is 10.2 Å². The van der Waals surface area contributed by atoms with Gasteiger partial charge in [-0.1, -0.05) is 0 Å². The molecule has 1 aromatic rings. The minimum Gasteiger partial charge on any atom is -0.379 e. The lowest BCUT2D eigenvalue weighted by Crippen LogP contribution is -2.40. The van der Waals surface area contributed by atoms with E-state index in [-0.39, 0.29) is 0 Å². The highest BCUT2D eigenvalue weighted by atomic mass is 16.5. The molecule has 0 radical (unpaired) electrons. The van der Waals surface area contributed by atoms with E-state index >= 15 is 0 Å². The molecule has 1 saturated carbocycles. The van der Waals surface area contributed by atoms with E-state index in [0.29, 0.717) is 6.54 Å².